The molecule has 2 N–H and O–H groups in total. The first-order chi connectivity index (χ1) is 13.4. The Kier molecular flexibility index (Phi) is 5.43. The van der Waals surface area contributed by atoms with Crippen LogP contribution in [0.3, 0.4) is 0 Å². The molecule has 1 aromatic carbocycles. The summed E-state index contributed by atoms with van der Waals surface area (Å²) in [6.45, 7) is 5.76. The fraction of sp³-hybridized carbons (Fsp3) is 0.636. The Hall–Kier alpha value is -1.92. The third-order valence-electron chi connectivity index (χ3n) is 6.90. The maximum atomic E-state index is 12.6. The molecule has 0 radical (unpaired) electrons. The lowest BCUT2D eigenvalue weighted by molar-refractivity contribution is -0.131. The zero-order valence-electron chi connectivity index (χ0n) is 16.9. The number of hydrogen-bond donors (Lipinski definition) is 1. The van der Waals surface area contributed by atoms with Crippen LogP contribution in [0, 0.1) is 5.92 Å². The molecule has 6 nitrogen and oxygen atoms in total. The van der Waals surface area contributed by atoms with Crippen LogP contribution in [0.15, 0.2) is 24.3 Å². The normalized spacial score (nSPS) is 27.2. The highest BCUT2D eigenvalue weighted by Gasteiger charge is 2.42. The molecule has 4 rings (SSSR count). The molecule has 2 aliphatic heterocycles. The number of piperazine rings is 1. The van der Waals surface area contributed by atoms with E-state index in [1.807, 2.05) is 24.3 Å². The van der Waals surface area contributed by atoms with Gasteiger partial charge in [-0.2, -0.15) is 0 Å². The van der Waals surface area contributed by atoms with Crippen molar-refractivity contribution in [1.82, 2.24) is 14.7 Å². The molecular weight excluding hydrogens is 352 g/mol. The predicted molar refractivity (Wildman–Crippen MR) is 109 cm³/mol. The van der Waals surface area contributed by atoms with Crippen LogP contribution in [0.4, 0.5) is 0 Å². The highest BCUT2D eigenvalue weighted by atomic mass is 16.2. The zero-order chi connectivity index (χ0) is 19.7. The zero-order valence-corrected chi connectivity index (χ0v) is 16.9. The summed E-state index contributed by atoms with van der Waals surface area (Å²) in [5, 5.41) is 0. The number of rotatable bonds is 5. The Morgan fingerprint density at radius 3 is 2.57 bits per heavy atom. The molecule has 6 heteroatoms. The van der Waals surface area contributed by atoms with E-state index in [0.717, 1.165) is 58.0 Å². The van der Waals surface area contributed by atoms with Crippen molar-refractivity contribution in [3.63, 3.8) is 0 Å². The monoisotopic (exact) mass is 384 g/mol. The van der Waals surface area contributed by atoms with Gasteiger partial charge in [0, 0.05) is 56.8 Å². The van der Waals surface area contributed by atoms with E-state index in [9.17, 15) is 9.59 Å². The van der Waals surface area contributed by atoms with E-state index in [2.05, 4.69) is 21.7 Å². The van der Waals surface area contributed by atoms with Crippen molar-refractivity contribution in [3.8, 4) is 0 Å². The Balaban J connectivity index is 1.42. The van der Waals surface area contributed by atoms with Gasteiger partial charge in [0.15, 0.2) is 0 Å². The Labute approximate surface area is 167 Å². The van der Waals surface area contributed by atoms with Gasteiger partial charge in [-0.05, 0) is 56.3 Å². The lowest BCUT2D eigenvalue weighted by Crippen LogP contribution is -2.60. The maximum Gasteiger partial charge on any atom is 0.248 e. The van der Waals surface area contributed by atoms with Crippen LogP contribution in [0.2, 0.25) is 0 Å². The minimum atomic E-state index is -0.385. The fourth-order valence-electron chi connectivity index (χ4n) is 4.75. The third-order valence-corrected chi connectivity index (χ3v) is 6.90. The summed E-state index contributed by atoms with van der Waals surface area (Å²) in [7, 11) is 2.22. The largest absolute Gasteiger partial charge is 0.366 e. The molecule has 1 atom stereocenters. The Morgan fingerprint density at radius 1 is 1.14 bits per heavy atom. The van der Waals surface area contributed by atoms with E-state index in [-0.39, 0.29) is 11.4 Å². The van der Waals surface area contributed by atoms with Crippen molar-refractivity contribution in [2.24, 2.45) is 11.7 Å². The number of nitrogens with two attached hydrogens (primary N) is 1. The van der Waals surface area contributed by atoms with Crippen LogP contribution < -0.4 is 5.73 Å². The topological polar surface area (TPSA) is 69.9 Å². The number of nitrogens with zero attached hydrogens (tertiary/aromatic N) is 3. The van der Waals surface area contributed by atoms with Gasteiger partial charge in [0.05, 0.1) is 0 Å². The number of carbonyl (C=O) groups is 2. The number of benzene rings is 1. The van der Waals surface area contributed by atoms with Crippen LogP contribution in [-0.2, 0) is 11.3 Å². The molecule has 1 unspecified atom stereocenters. The van der Waals surface area contributed by atoms with E-state index in [4.69, 9.17) is 5.73 Å². The number of hydrogen-bond acceptors (Lipinski definition) is 4. The Morgan fingerprint density at radius 2 is 1.89 bits per heavy atom. The second-order valence-electron chi connectivity index (χ2n) is 8.95. The van der Waals surface area contributed by atoms with Crippen molar-refractivity contribution >= 4 is 11.8 Å². The smallest absolute Gasteiger partial charge is 0.248 e. The molecule has 152 valence electrons. The third kappa shape index (κ3) is 4.23. The SMILES string of the molecule is CN1CCN(Cc2ccc(C(N)=O)cc2)CC12CCC(=O)N(CC1CC1)CC2. The standard InChI is InChI=1S/C22H32N4O2/c1-24-12-13-25(14-17-4-6-19(7-5-17)21(23)28)16-22(24)9-8-20(27)26(11-10-22)15-18-2-3-18/h4-7,18H,2-3,8-16H2,1H3,(H2,23,28). The van der Waals surface area contributed by atoms with Crippen molar-refractivity contribution < 1.29 is 9.59 Å². The van der Waals surface area contributed by atoms with Gasteiger partial charge in [-0.1, -0.05) is 12.1 Å². The lowest BCUT2D eigenvalue weighted by atomic mass is 9.86. The summed E-state index contributed by atoms with van der Waals surface area (Å²) in [5.74, 6) is 0.710. The number of amides is 2. The summed E-state index contributed by atoms with van der Waals surface area (Å²) >= 11 is 0. The van der Waals surface area contributed by atoms with Gasteiger partial charge in [-0.25, -0.2) is 0 Å². The Bertz CT molecular complexity index is 731. The van der Waals surface area contributed by atoms with Crippen molar-refractivity contribution in [2.75, 3.05) is 39.8 Å². The first-order valence-corrected chi connectivity index (χ1v) is 10.6. The molecule has 28 heavy (non-hydrogen) atoms. The van der Waals surface area contributed by atoms with E-state index in [0.29, 0.717) is 17.9 Å². The summed E-state index contributed by atoms with van der Waals surface area (Å²) in [5.41, 5.74) is 7.18. The van der Waals surface area contributed by atoms with Gasteiger partial charge in [0.1, 0.15) is 0 Å². The van der Waals surface area contributed by atoms with Gasteiger partial charge in [0.2, 0.25) is 11.8 Å². The molecule has 0 bridgehead atoms. The van der Waals surface area contributed by atoms with Crippen molar-refractivity contribution in [1.29, 1.82) is 0 Å². The molecule has 3 aliphatic rings. The number of carbonyl (C=O) groups excluding carboxylic acids is 2. The average molecular weight is 385 g/mol. The van der Waals surface area contributed by atoms with Gasteiger partial charge >= 0.3 is 0 Å². The molecule has 1 spiro atoms. The van der Waals surface area contributed by atoms with Crippen LogP contribution in [0.1, 0.15) is 48.0 Å². The van der Waals surface area contributed by atoms with Crippen molar-refractivity contribution in [3.05, 3.63) is 35.4 Å². The summed E-state index contributed by atoms with van der Waals surface area (Å²) < 4.78 is 0. The van der Waals surface area contributed by atoms with E-state index < -0.39 is 0 Å². The summed E-state index contributed by atoms with van der Waals surface area (Å²) in [6.07, 6.45) is 5.24. The fourth-order valence-corrected chi connectivity index (χ4v) is 4.75. The van der Waals surface area contributed by atoms with Crippen LogP contribution in [0.25, 0.3) is 0 Å². The lowest BCUT2D eigenvalue weighted by Gasteiger charge is -2.49. The molecule has 3 fully saturated rings. The number of likely N-dealkylation sites (tertiary alicyclic amines) is 1. The second kappa shape index (κ2) is 7.84. The highest BCUT2D eigenvalue weighted by Crippen LogP contribution is 2.35. The summed E-state index contributed by atoms with van der Waals surface area (Å²) in [4.78, 5) is 31.0. The second-order valence-corrected chi connectivity index (χ2v) is 8.95. The number of primary amides is 1. The minimum Gasteiger partial charge on any atom is -0.366 e. The van der Waals surface area contributed by atoms with Crippen LogP contribution in [-0.4, -0.2) is 71.8 Å². The number of likely N-dealkylation sites (N-methyl/N-ethyl adjacent to an activating group) is 1. The van der Waals surface area contributed by atoms with Gasteiger partial charge < -0.3 is 10.6 Å². The van der Waals surface area contributed by atoms with Crippen LogP contribution in [0.5, 0.6) is 0 Å². The molecular formula is C22H32N4O2. The molecule has 1 aliphatic carbocycles. The first-order valence-electron chi connectivity index (χ1n) is 10.6. The van der Waals surface area contributed by atoms with Crippen LogP contribution >= 0.6 is 0 Å². The molecule has 1 saturated carbocycles. The van der Waals surface area contributed by atoms with E-state index in [1.54, 1.807) is 0 Å². The quantitative estimate of drug-likeness (QED) is 0.839. The van der Waals surface area contributed by atoms with Gasteiger partial charge in [-0.3, -0.25) is 19.4 Å². The molecule has 0 aromatic heterocycles. The maximum absolute atomic E-state index is 12.6. The summed E-state index contributed by atoms with van der Waals surface area (Å²) in [6, 6.07) is 7.62. The molecule has 2 heterocycles. The highest BCUT2D eigenvalue weighted by molar-refractivity contribution is 5.92. The van der Waals surface area contributed by atoms with E-state index >= 15 is 0 Å². The average Bonchev–Trinajstić information content (AvgIpc) is 3.51. The van der Waals surface area contributed by atoms with Gasteiger partial charge in [-0.15, -0.1) is 0 Å². The molecule has 2 amide bonds. The predicted octanol–water partition coefficient (Wildman–Crippen LogP) is 1.69. The first kappa shape index (κ1) is 19.4. The van der Waals surface area contributed by atoms with E-state index in [1.165, 1.54) is 18.4 Å². The molecule has 1 aromatic rings. The molecule has 2 saturated heterocycles. The minimum absolute atomic E-state index is 0.0827. The van der Waals surface area contributed by atoms with Crippen molar-refractivity contribution in [2.45, 2.75) is 44.2 Å². The van der Waals surface area contributed by atoms with Gasteiger partial charge in [0.25, 0.3) is 0 Å².